The van der Waals surface area contributed by atoms with Gasteiger partial charge in [-0.3, -0.25) is 10.1 Å². The number of aromatic amines is 1. The quantitative estimate of drug-likeness (QED) is 0.647. The Bertz CT molecular complexity index is 351. The van der Waals surface area contributed by atoms with Gasteiger partial charge in [-0.25, -0.2) is 0 Å². The highest BCUT2D eigenvalue weighted by molar-refractivity contribution is 5.79. The molecule has 12 heavy (non-hydrogen) atoms. The Morgan fingerprint density at radius 3 is 2.75 bits per heavy atom. The Morgan fingerprint density at radius 2 is 2.08 bits per heavy atom. The minimum atomic E-state index is 1.02. The van der Waals surface area contributed by atoms with Crippen molar-refractivity contribution in [1.29, 1.82) is 0 Å². The molecule has 2 heterocycles. The Balaban J connectivity index is 0.000000336. The van der Waals surface area contributed by atoms with E-state index < -0.39 is 0 Å². The van der Waals surface area contributed by atoms with Crippen molar-refractivity contribution < 1.29 is 0 Å². The van der Waals surface area contributed by atoms with Crippen LogP contribution in [0.4, 0.5) is 0 Å². The third-order valence-corrected chi connectivity index (χ3v) is 1.57. The molecule has 0 aliphatic carbocycles. The third-order valence-electron chi connectivity index (χ3n) is 1.57. The molecule has 0 spiro atoms. The zero-order valence-electron chi connectivity index (χ0n) is 7.63. The fourth-order valence-corrected chi connectivity index (χ4v) is 1.00. The SMILES string of the molecule is CC.Cc1nccc2[nH]ncc12. The number of hydrogen-bond acceptors (Lipinski definition) is 2. The largest absolute Gasteiger partial charge is 0.278 e. The van der Waals surface area contributed by atoms with E-state index in [1.165, 1.54) is 0 Å². The van der Waals surface area contributed by atoms with E-state index in [1.807, 2.05) is 26.8 Å². The van der Waals surface area contributed by atoms with Gasteiger partial charge in [-0.05, 0) is 13.0 Å². The number of nitrogens with zero attached hydrogens (tertiary/aromatic N) is 2. The normalized spacial score (nSPS) is 9.25. The summed E-state index contributed by atoms with van der Waals surface area (Å²) in [6.07, 6.45) is 3.56. The molecular weight excluding hydrogens is 150 g/mol. The van der Waals surface area contributed by atoms with Gasteiger partial charge in [0.15, 0.2) is 0 Å². The molecule has 0 saturated carbocycles. The van der Waals surface area contributed by atoms with E-state index in [-0.39, 0.29) is 0 Å². The van der Waals surface area contributed by atoms with Crippen molar-refractivity contribution in [3.63, 3.8) is 0 Å². The number of fused-ring (bicyclic) bond motifs is 1. The summed E-state index contributed by atoms with van der Waals surface area (Å²) in [5.74, 6) is 0. The minimum Gasteiger partial charge on any atom is -0.278 e. The lowest BCUT2D eigenvalue weighted by atomic mass is 10.3. The van der Waals surface area contributed by atoms with Gasteiger partial charge in [-0.2, -0.15) is 5.10 Å². The molecule has 0 saturated heterocycles. The van der Waals surface area contributed by atoms with E-state index in [1.54, 1.807) is 12.4 Å². The topological polar surface area (TPSA) is 41.6 Å². The first-order valence-electron chi connectivity index (χ1n) is 4.12. The molecule has 2 aromatic heterocycles. The Labute approximate surface area is 71.8 Å². The van der Waals surface area contributed by atoms with Crippen LogP contribution in [0, 0.1) is 6.92 Å². The summed E-state index contributed by atoms with van der Waals surface area (Å²) in [6, 6.07) is 1.91. The van der Waals surface area contributed by atoms with Gasteiger partial charge in [-0.1, -0.05) is 13.8 Å². The van der Waals surface area contributed by atoms with Gasteiger partial charge in [0, 0.05) is 17.3 Å². The molecule has 0 amide bonds. The molecule has 0 aliphatic heterocycles. The zero-order chi connectivity index (χ0) is 8.97. The van der Waals surface area contributed by atoms with Crippen LogP contribution >= 0.6 is 0 Å². The monoisotopic (exact) mass is 163 g/mol. The molecular formula is C9H13N3. The average Bonchev–Trinajstić information content (AvgIpc) is 2.57. The predicted octanol–water partition coefficient (Wildman–Crippen LogP) is 2.29. The van der Waals surface area contributed by atoms with Crippen molar-refractivity contribution in [2.75, 3.05) is 0 Å². The molecule has 0 atom stereocenters. The first-order chi connectivity index (χ1) is 5.88. The van der Waals surface area contributed by atoms with Crippen LogP contribution in [0.1, 0.15) is 19.5 Å². The summed E-state index contributed by atoms with van der Waals surface area (Å²) in [5.41, 5.74) is 2.07. The van der Waals surface area contributed by atoms with Crippen LogP contribution in [0.25, 0.3) is 10.9 Å². The lowest BCUT2D eigenvalue weighted by Gasteiger charge is -1.89. The fourth-order valence-electron chi connectivity index (χ4n) is 1.00. The van der Waals surface area contributed by atoms with E-state index in [2.05, 4.69) is 15.2 Å². The molecule has 0 aliphatic rings. The number of aromatic nitrogens is 3. The number of pyridine rings is 1. The molecule has 64 valence electrons. The van der Waals surface area contributed by atoms with Crippen LogP contribution in [-0.2, 0) is 0 Å². The molecule has 0 unspecified atom stereocenters. The van der Waals surface area contributed by atoms with Crippen LogP contribution in [0.5, 0.6) is 0 Å². The number of nitrogens with one attached hydrogen (secondary N) is 1. The molecule has 3 nitrogen and oxygen atoms in total. The van der Waals surface area contributed by atoms with Crippen molar-refractivity contribution >= 4 is 10.9 Å². The number of rotatable bonds is 0. The molecule has 2 aromatic rings. The van der Waals surface area contributed by atoms with Gasteiger partial charge in [0.25, 0.3) is 0 Å². The maximum Gasteiger partial charge on any atom is 0.0683 e. The highest BCUT2D eigenvalue weighted by atomic mass is 15.1. The first-order valence-corrected chi connectivity index (χ1v) is 4.12. The molecule has 2 rings (SSSR count). The van der Waals surface area contributed by atoms with Crippen molar-refractivity contribution in [3.8, 4) is 0 Å². The maximum atomic E-state index is 4.12. The van der Waals surface area contributed by atoms with Crippen molar-refractivity contribution in [1.82, 2.24) is 15.2 Å². The van der Waals surface area contributed by atoms with E-state index >= 15 is 0 Å². The van der Waals surface area contributed by atoms with Gasteiger partial charge >= 0.3 is 0 Å². The smallest absolute Gasteiger partial charge is 0.0683 e. The molecule has 0 fully saturated rings. The molecule has 0 radical (unpaired) electrons. The van der Waals surface area contributed by atoms with Gasteiger partial charge in [0.1, 0.15) is 0 Å². The summed E-state index contributed by atoms with van der Waals surface area (Å²) in [5, 5.41) is 7.87. The average molecular weight is 163 g/mol. The lowest BCUT2D eigenvalue weighted by Crippen LogP contribution is -1.78. The van der Waals surface area contributed by atoms with Crippen molar-refractivity contribution in [2.45, 2.75) is 20.8 Å². The number of hydrogen-bond donors (Lipinski definition) is 1. The fraction of sp³-hybridized carbons (Fsp3) is 0.333. The summed E-state index contributed by atoms with van der Waals surface area (Å²) in [7, 11) is 0. The van der Waals surface area contributed by atoms with Crippen molar-refractivity contribution in [2.24, 2.45) is 0 Å². The van der Waals surface area contributed by atoms with Crippen LogP contribution < -0.4 is 0 Å². The van der Waals surface area contributed by atoms with Crippen LogP contribution in [0.15, 0.2) is 18.5 Å². The summed E-state index contributed by atoms with van der Waals surface area (Å²) in [4.78, 5) is 4.12. The molecule has 1 N–H and O–H groups in total. The maximum absolute atomic E-state index is 4.12. The zero-order valence-corrected chi connectivity index (χ0v) is 7.63. The van der Waals surface area contributed by atoms with Crippen LogP contribution in [0.3, 0.4) is 0 Å². The van der Waals surface area contributed by atoms with Crippen LogP contribution in [-0.4, -0.2) is 15.2 Å². The standard InChI is InChI=1S/C7H7N3.C2H6/c1-5-6-4-9-10-7(6)2-3-8-5;1-2/h2-4H,1H3,(H,9,10);1-2H3. The Kier molecular flexibility index (Phi) is 2.80. The minimum absolute atomic E-state index is 1.02. The predicted molar refractivity (Wildman–Crippen MR) is 50.0 cm³/mol. The highest BCUT2D eigenvalue weighted by Gasteiger charge is 1.96. The molecule has 0 bridgehead atoms. The first kappa shape index (κ1) is 8.71. The van der Waals surface area contributed by atoms with E-state index in [0.717, 1.165) is 16.6 Å². The van der Waals surface area contributed by atoms with E-state index in [4.69, 9.17) is 0 Å². The molecule has 0 aromatic carbocycles. The second-order valence-electron chi connectivity index (χ2n) is 2.23. The van der Waals surface area contributed by atoms with Gasteiger partial charge in [0.2, 0.25) is 0 Å². The van der Waals surface area contributed by atoms with Crippen molar-refractivity contribution in [3.05, 3.63) is 24.2 Å². The Hall–Kier alpha value is -1.38. The van der Waals surface area contributed by atoms with E-state index in [0.29, 0.717) is 0 Å². The highest BCUT2D eigenvalue weighted by Crippen LogP contribution is 2.10. The number of H-pyrrole nitrogens is 1. The van der Waals surface area contributed by atoms with Gasteiger partial charge < -0.3 is 0 Å². The second-order valence-corrected chi connectivity index (χ2v) is 2.23. The second kappa shape index (κ2) is 3.85. The van der Waals surface area contributed by atoms with Crippen LogP contribution in [0.2, 0.25) is 0 Å². The van der Waals surface area contributed by atoms with Gasteiger partial charge in [-0.15, -0.1) is 0 Å². The Morgan fingerprint density at radius 1 is 1.33 bits per heavy atom. The number of aryl methyl sites for hydroxylation is 1. The summed E-state index contributed by atoms with van der Waals surface area (Å²) < 4.78 is 0. The summed E-state index contributed by atoms with van der Waals surface area (Å²) in [6.45, 7) is 5.97. The van der Waals surface area contributed by atoms with E-state index in [9.17, 15) is 0 Å². The third kappa shape index (κ3) is 1.44. The summed E-state index contributed by atoms with van der Waals surface area (Å²) >= 11 is 0. The van der Waals surface area contributed by atoms with Gasteiger partial charge in [0.05, 0.1) is 11.7 Å². The lowest BCUT2D eigenvalue weighted by molar-refractivity contribution is 1.12. The molecule has 3 heteroatoms.